The van der Waals surface area contributed by atoms with E-state index in [4.69, 9.17) is 0 Å². The molecule has 0 aromatic heterocycles. The molecule has 2 N–H and O–H groups in total. The minimum absolute atomic E-state index is 0.0864. The summed E-state index contributed by atoms with van der Waals surface area (Å²) in [5, 5.41) is 4.01. The fraction of sp³-hybridized carbons (Fsp3) is 0.211. The largest absolute Gasteiger partial charge is 0.586 e. The standard InChI is InChI=1S/C19H15F4N3O3/c1-26-14(10-5-6-16-17(7-10)29-19(22,23)28-16)8-13(25-26)15(27)9-24-18-11(20)3-2-4-12(18)21/h2-8,13,24-25H,9H2,1H3. The van der Waals surface area contributed by atoms with Crippen molar-refractivity contribution in [2.75, 3.05) is 18.9 Å². The molecule has 0 fully saturated rings. The van der Waals surface area contributed by atoms with E-state index in [9.17, 15) is 22.4 Å². The summed E-state index contributed by atoms with van der Waals surface area (Å²) in [7, 11) is 1.64. The number of hydrazine groups is 1. The number of nitrogens with one attached hydrogen (secondary N) is 2. The second-order valence-electron chi connectivity index (χ2n) is 6.46. The van der Waals surface area contributed by atoms with E-state index in [0.29, 0.717) is 11.3 Å². The van der Waals surface area contributed by atoms with Crippen LogP contribution in [0.25, 0.3) is 5.70 Å². The highest BCUT2D eigenvalue weighted by molar-refractivity contribution is 5.92. The Morgan fingerprint density at radius 3 is 2.59 bits per heavy atom. The van der Waals surface area contributed by atoms with Crippen LogP contribution < -0.4 is 20.2 Å². The van der Waals surface area contributed by atoms with Gasteiger partial charge in [0.2, 0.25) is 0 Å². The lowest BCUT2D eigenvalue weighted by molar-refractivity contribution is -0.286. The minimum atomic E-state index is -3.72. The van der Waals surface area contributed by atoms with Gasteiger partial charge in [0.05, 0.1) is 12.2 Å². The van der Waals surface area contributed by atoms with E-state index in [1.54, 1.807) is 24.2 Å². The zero-order valence-corrected chi connectivity index (χ0v) is 15.0. The summed E-state index contributed by atoms with van der Waals surface area (Å²) in [5.74, 6) is -2.18. The average Bonchev–Trinajstić information content (AvgIpc) is 3.18. The quantitative estimate of drug-likeness (QED) is 0.740. The predicted molar refractivity (Wildman–Crippen MR) is 95.2 cm³/mol. The van der Waals surface area contributed by atoms with Gasteiger partial charge in [0.1, 0.15) is 23.4 Å². The van der Waals surface area contributed by atoms with E-state index in [2.05, 4.69) is 20.2 Å². The van der Waals surface area contributed by atoms with E-state index in [1.807, 2.05) is 0 Å². The van der Waals surface area contributed by atoms with Gasteiger partial charge >= 0.3 is 6.29 Å². The average molecular weight is 409 g/mol. The van der Waals surface area contributed by atoms with Crippen LogP contribution in [0.3, 0.4) is 0 Å². The number of halogens is 4. The van der Waals surface area contributed by atoms with Crippen molar-refractivity contribution >= 4 is 17.2 Å². The molecule has 0 spiro atoms. The minimum Gasteiger partial charge on any atom is -0.395 e. The normalized spacial score (nSPS) is 19.3. The van der Waals surface area contributed by atoms with Crippen LogP contribution in [0.15, 0.2) is 42.5 Å². The third-order valence-electron chi connectivity index (χ3n) is 4.46. The molecule has 10 heteroatoms. The molecule has 6 nitrogen and oxygen atoms in total. The molecule has 2 heterocycles. The summed E-state index contributed by atoms with van der Waals surface area (Å²) in [6.07, 6.45) is -2.14. The van der Waals surface area contributed by atoms with Gasteiger partial charge < -0.3 is 19.8 Å². The predicted octanol–water partition coefficient (Wildman–Crippen LogP) is 3.13. The maximum atomic E-state index is 13.7. The SMILES string of the molecule is CN1NC(C(=O)CNc2c(F)cccc2F)C=C1c1ccc2c(c1)OC(F)(F)O2. The Morgan fingerprint density at radius 2 is 1.86 bits per heavy atom. The highest BCUT2D eigenvalue weighted by atomic mass is 19.3. The molecule has 2 aliphatic rings. The first kappa shape index (κ1) is 19.1. The van der Waals surface area contributed by atoms with Crippen LogP contribution in [-0.2, 0) is 4.79 Å². The fourth-order valence-corrected chi connectivity index (χ4v) is 3.10. The molecule has 0 bridgehead atoms. The lowest BCUT2D eigenvalue weighted by atomic mass is 10.1. The maximum Gasteiger partial charge on any atom is 0.586 e. The van der Waals surface area contributed by atoms with Gasteiger partial charge in [-0.3, -0.25) is 4.79 Å². The first-order valence-electron chi connectivity index (χ1n) is 8.56. The Hall–Kier alpha value is -3.27. The number of alkyl halides is 2. The summed E-state index contributed by atoms with van der Waals surface area (Å²) in [5.41, 5.74) is 3.57. The van der Waals surface area contributed by atoms with E-state index in [-0.39, 0.29) is 29.5 Å². The van der Waals surface area contributed by atoms with Crippen LogP contribution in [0.4, 0.5) is 23.2 Å². The van der Waals surface area contributed by atoms with Gasteiger partial charge in [-0.1, -0.05) is 6.07 Å². The monoisotopic (exact) mass is 409 g/mol. The van der Waals surface area contributed by atoms with Crippen molar-refractivity contribution < 1.29 is 31.8 Å². The number of benzene rings is 2. The van der Waals surface area contributed by atoms with Crippen molar-refractivity contribution in [3.05, 3.63) is 59.7 Å². The number of anilines is 1. The maximum absolute atomic E-state index is 13.7. The summed E-state index contributed by atoms with van der Waals surface area (Å²) < 4.78 is 62.5. The van der Waals surface area contributed by atoms with Crippen molar-refractivity contribution in [3.8, 4) is 11.5 Å². The van der Waals surface area contributed by atoms with Gasteiger partial charge in [-0.25, -0.2) is 14.2 Å². The Bertz CT molecular complexity index is 992. The molecule has 0 amide bonds. The number of ketones is 1. The van der Waals surface area contributed by atoms with E-state index in [1.165, 1.54) is 18.2 Å². The molecule has 2 aliphatic heterocycles. The first-order chi connectivity index (χ1) is 13.7. The molecule has 0 radical (unpaired) electrons. The summed E-state index contributed by atoms with van der Waals surface area (Å²) in [6.45, 7) is -0.319. The first-order valence-corrected chi connectivity index (χ1v) is 8.56. The third-order valence-corrected chi connectivity index (χ3v) is 4.46. The molecular weight excluding hydrogens is 394 g/mol. The Kier molecular flexibility index (Phi) is 4.58. The van der Waals surface area contributed by atoms with Crippen LogP contribution in [0.1, 0.15) is 5.56 Å². The molecule has 1 unspecified atom stereocenters. The van der Waals surface area contributed by atoms with Gasteiger partial charge in [-0.15, -0.1) is 8.78 Å². The lowest BCUT2D eigenvalue weighted by Crippen LogP contribution is -2.41. The Balaban J connectivity index is 1.48. The number of carbonyl (C=O) groups excluding carboxylic acids is 1. The van der Waals surface area contributed by atoms with Crippen LogP contribution in [0, 0.1) is 11.6 Å². The fourth-order valence-electron chi connectivity index (χ4n) is 3.10. The van der Waals surface area contributed by atoms with Crippen LogP contribution in [0.5, 0.6) is 11.5 Å². The number of para-hydroxylation sites is 1. The van der Waals surface area contributed by atoms with Crippen molar-refractivity contribution in [1.29, 1.82) is 0 Å². The number of Topliss-reactive ketones (excluding diaryl/α,β-unsaturated/α-hetero) is 1. The smallest absolute Gasteiger partial charge is 0.395 e. The molecule has 0 saturated carbocycles. The van der Waals surface area contributed by atoms with Crippen LogP contribution in [0.2, 0.25) is 0 Å². The zero-order chi connectivity index (χ0) is 20.8. The Labute approximate surface area is 162 Å². The van der Waals surface area contributed by atoms with Gasteiger partial charge in [0.15, 0.2) is 17.3 Å². The second-order valence-corrected chi connectivity index (χ2v) is 6.46. The van der Waals surface area contributed by atoms with Crippen LogP contribution in [-0.4, -0.2) is 36.7 Å². The van der Waals surface area contributed by atoms with Gasteiger partial charge in [-0.2, -0.15) is 0 Å². The molecular formula is C19H15F4N3O3. The molecule has 29 heavy (non-hydrogen) atoms. The molecule has 4 rings (SSSR count). The summed E-state index contributed by atoms with van der Waals surface area (Å²) in [6, 6.07) is 6.88. The number of rotatable bonds is 5. The Morgan fingerprint density at radius 1 is 1.17 bits per heavy atom. The molecule has 0 saturated heterocycles. The van der Waals surface area contributed by atoms with E-state index >= 15 is 0 Å². The number of hydrogen-bond donors (Lipinski definition) is 2. The van der Waals surface area contributed by atoms with Crippen molar-refractivity contribution in [2.24, 2.45) is 0 Å². The lowest BCUT2D eigenvalue weighted by Gasteiger charge is -2.18. The third kappa shape index (κ3) is 3.70. The number of fused-ring (bicyclic) bond motifs is 1. The summed E-state index contributed by atoms with van der Waals surface area (Å²) >= 11 is 0. The number of ether oxygens (including phenoxy) is 2. The van der Waals surface area contributed by atoms with Gasteiger partial charge in [-0.05, 0) is 36.4 Å². The molecule has 2 aromatic rings. The molecule has 152 valence electrons. The summed E-state index contributed by atoms with van der Waals surface area (Å²) in [4.78, 5) is 12.5. The number of hydrogen-bond acceptors (Lipinski definition) is 6. The van der Waals surface area contributed by atoms with Crippen molar-refractivity contribution in [2.45, 2.75) is 12.3 Å². The highest BCUT2D eigenvalue weighted by Gasteiger charge is 2.43. The van der Waals surface area contributed by atoms with Crippen molar-refractivity contribution in [3.63, 3.8) is 0 Å². The van der Waals surface area contributed by atoms with Crippen molar-refractivity contribution in [1.82, 2.24) is 10.4 Å². The molecule has 2 aromatic carbocycles. The molecule has 1 atom stereocenters. The zero-order valence-electron chi connectivity index (χ0n) is 15.0. The highest BCUT2D eigenvalue weighted by Crippen LogP contribution is 2.42. The van der Waals surface area contributed by atoms with E-state index in [0.717, 1.165) is 12.1 Å². The second kappa shape index (κ2) is 6.96. The topological polar surface area (TPSA) is 62.8 Å². The molecule has 0 aliphatic carbocycles. The number of carbonyl (C=O) groups is 1. The van der Waals surface area contributed by atoms with Gasteiger partial charge in [0, 0.05) is 12.6 Å². The van der Waals surface area contributed by atoms with Crippen LogP contribution >= 0.6 is 0 Å². The van der Waals surface area contributed by atoms with E-state index < -0.39 is 24.0 Å². The number of nitrogens with zero attached hydrogens (tertiary/aromatic N) is 1. The van der Waals surface area contributed by atoms with Gasteiger partial charge in [0.25, 0.3) is 0 Å².